The number of carbonyl (C=O) groups is 2. The quantitative estimate of drug-likeness (QED) is 0.129. The fourth-order valence-electron chi connectivity index (χ4n) is 5.23. The van der Waals surface area contributed by atoms with Gasteiger partial charge in [0.25, 0.3) is 0 Å². The lowest BCUT2D eigenvalue weighted by Crippen LogP contribution is -2.38. The predicted octanol–water partition coefficient (Wildman–Crippen LogP) is 7.76. The molecule has 0 N–H and O–H groups in total. The first-order valence-electron chi connectivity index (χ1n) is 15.5. The van der Waals surface area contributed by atoms with Crippen LogP contribution in [0, 0.1) is 5.82 Å². The Bertz CT molecular complexity index is 1860. The maximum atomic E-state index is 17.0. The van der Waals surface area contributed by atoms with E-state index in [0.29, 0.717) is 16.8 Å². The minimum atomic E-state index is -4.64. The van der Waals surface area contributed by atoms with Crippen molar-refractivity contribution in [2.45, 2.75) is 77.7 Å². The van der Waals surface area contributed by atoms with Crippen LogP contribution in [0.2, 0.25) is 0 Å². The smallest absolute Gasteiger partial charge is 0.434 e. The molecule has 0 saturated heterocycles. The van der Waals surface area contributed by atoms with Crippen LogP contribution in [-0.2, 0) is 22.2 Å². The van der Waals surface area contributed by atoms with Crippen LogP contribution in [0.25, 0.3) is 22.6 Å². The SMILES string of the molecule is COC(=O)c1cnc(-c2c(OC)ncnc2C2CC2)c(F)c1N(Cc1ccc(-c2nc(C(F)(F)F)cn2C(C)C)cc1)C(=O)OC(C)(C)C. The number of rotatable bonds is 9. The predicted molar refractivity (Wildman–Crippen MR) is 171 cm³/mol. The van der Waals surface area contributed by atoms with Crippen LogP contribution in [0.4, 0.5) is 28.0 Å². The average Bonchev–Trinajstić information content (AvgIpc) is 3.78. The first-order chi connectivity index (χ1) is 23.0. The average molecular weight is 685 g/mol. The number of pyridine rings is 1. The van der Waals surface area contributed by atoms with Crippen LogP contribution in [0.5, 0.6) is 5.88 Å². The number of esters is 1. The van der Waals surface area contributed by atoms with Gasteiger partial charge in [-0.15, -0.1) is 0 Å². The molecule has 0 atom stereocenters. The second-order valence-corrected chi connectivity index (χ2v) is 12.8. The Morgan fingerprint density at radius 1 is 1.04 bits per heavy atom. The zero-order chi connectivity index (χ0) is 35.8. The van der Waals surface area contributed by atoms with E-state index in [9.17, 15) is 22.8 Å². The Morgan fingerprint density at radius 3 is 2.27 bits per heavy atom. The monoisotopic (exact) mass is 684 g/mol. The number of aromatic nitrogens is 5. The normalized spacial score (nSPS) is 13.4. The number of hydrogen-bond acceptors (Lipinski definition) is 9. The maximum absolute atomic E-state index is 17.0. The minimum absolute atomic E-state index is 0.0239. The number of alkyl halides is 3. The van der Waals surface area contributed by atoms with E-state index in [4.69, 9.17) is 14.2 Å². The van der Waals surface area contributed by atoms with E-state index in [1.807, 2.05) is 0 Å². The van der Waals surface area contributed by atoms with Crippen molar-refractivity contribution in [2.75, 3.05) is 19.1 Å². The van der Waals surface area contributed by atoms with Crippen molar-refractivity contribution < 1.29 is 41.4 Å². The first kappa shape index (κ1) is 35.2. The molecule has 49 heavy (non-hydrogen) atoms. The van der Waals surface area contributed by atoms with E-state index in [2.05, 4.69) is 19.9 Å². The van der Waals surface area contributed by atoms with Gasteiger partial charge < -0.3 is 18.8 Å². The molecule has 0 bridgehead atoms. The van der Waals surface area contributed by atoms with Gasteiger partial charge in [-0.25, -0.2) is 28.9 Å². The number of anilines is 1. The lowest BCUT2D eigenvalue weighted by molar-refractivity contribution is -0.140. The molecule has 1 aromatic carbocycles. The molecule has 1 fully saturated rings. The van der Waals surface area contributed by atoms with Crippen molar-refractivity contribution in [2.24, 2.45) is 0 Å². The summed E-state index contributed by atoms with van der Waals surface area (Å²) in [4.78, 5) is 44.4. The number of ether oxygens (including phenoxy) is 3. The summed E-state index contributed by atoms with van der Waals surface area (Å²) in [6.45, 7) is 8.05. The number of hydrogen-bond donors (Lipinski definition) is 0. The molecule has 1 amide bonds. The fourth-order valence-corrected chi connectivity index (χ4v) is 5.23. The molecule has 260 valence electrons. The zero-order valence-electron chi connectivity index (χ0n) is 28.1. The fraction of sp³-hybridized carbons (Fsp3) is 0.412. The highest BCUT2D eigenvalue weighted by molar-refractivity contribution is 6.01. The Balaban J connectivity index is 1.64. The molecule has 0 radical (unpaired) electrons. The molecule has 3 heterocycles. The highest BCUT2D eigenvalue weighted by Gasteiger charge is 2.37. The Morgan fingerprint density at radius 2 is 1.71 bits per heavy atom. The summed E-state index contributed by atoms with van der Waals surface area (Å²) in [5, 5.41) is 0. The molecular formula is C34H36F4N6O5. The molecule has 3 aromatic heterocycles. The van der Waals surface area contributed by atoms with Gasteiger partial charge in [-0.1, -0.05) is 24.3 Å². The standard InChI is InChI=1S/C34H36F4N6O5/c1-18(2)43-16-23(34(36,37)38)42-29(43)21-10-8-19(9-11-21)15-44(32(46)49-33(3,4)5)28-22(31(45)48-7)14-39-27(25(28)35)24-26(20-12-13-20)40-17-41-30(24)47-6/h8-11,14,16-18,20H,12-13,15H2,1-7H3. The minimum Gasteiger partial charge on any atom is -0.480 e. The van der Waals surface area contributed by atoms with Crippen molar-refractivity contribution in [3.63, 3.8) is 0 Å². The molecule has 0 spiro atoms. The summed E-state index contributed by atoms with van der Waals surface area (Å²) < 4.78 is 75.0. The van der Waals surface area contributed by atoms with Crippen LogP contribution in [-0.4, -0.2) is 56.4 Å². The Hall–Kier alpha value is -5.08. The lowest BCUT2D eigenvalue weighted by atomic mass is 10.0. The second kappa shape index (κ2) is 13.4. The van der Waals surface area contributed by atoms with Crippen LogP contribution in [0.1, 0.15) is 86.7 Å². The summed E-state index contributed by atoms with van der Waals surface area (Å²) in [7, 11) is 2.48. The van der Waals surface area contributed by atoms with E-state index in [1.54, 1.807) is 58.9 Å². The maximum Gasteiger partial charge on any atom is 0.434 e. The number of imidazole rings is 1. The molecule has 1 aliphatic rings. The van der Waals surface area contributed by atoms with Crippen LogP contribution in [0.15, 0.2) is 43.0 Å². The number of halogens is 4. The Kier molecular flexibility index (Phi) is 9.66. The molecule has 11 nitrogen and oxygen atoms in total. The van der Waals surface area contributed by atoms with Gasteiger partial charge >= 0.3 is 18.2 Å². The number of nitrogens with zero attached hydrogens (tertiary/aromatic N) is 6. The summed E-state index contributed by atoms with van der Waals surface area (Å²) in [5.74, 6) is -1.82. The summed E-state index contributed by atoms with van der Waals surface area (Å²) in [6, 6.07) is 5.91. The third-order valence-electron chi connectivity index (χ3n) is 7.65. The highest BCUT2D eigenvalue weighted by Crippen LogP contribution is 2.47. The highest BCUT2D eigenvalue weighted by atomic mass is 19.4. The topological polar surface area (TPSA) is 122 Å². The van der Waals surface area contributed by atoms with Crippen molar-refractivity contribution in [1.29, 1.82) is 0 Å². The van der Waals surface area contributed by atoms with Gasteiger partial charge in [0.05, 0.1) is 32.0 Å². The van der Waals surface area contributed by atoms with Gasteiger partial charge in [-0.3, -0.25) is 9.88 Å². The summed E-state index contributed by atoms with van der Waals surface area (Å²) in [5.41, 5.74) is -1.58. The van der Waals surface area contributed by atoms with Gasteiger partial charge in [0.15, 0.2) is 11.5 Å². The third kappa shape index (κ3) is 7.50. The van der Waals surface area contributed by atoms with Gasteiger partial charge in [-0.05, 0) is 53.0 Å². The molecule has 15 heteroatoms. The van der Waals surface area contributed by atoms with Crippen molar-refractivity contribution in [3.05, 3.63) is 71.3 Å². The number of carbonyl (C=O) groups excluding carboxylic acids is 2. The second-order valence-electron chi connectivity index (χ2n) is 12.8. The van der Waals surface area contributed by atoms with E-state index < -0.39 is 41.0 Å². The van der Waals surface area contributed by atoms with E-state index in [1.165, 1.54) is 18.0 Å². The van der Waals surface area contributed by atoms with E-state index in [-0.39, 0.29) is 47.0 Å². The van der Waals surface area contributed by atoms with Gasteiger partial charge in [0.2, 0.25) is 5.88 Å². The van der Waals surface area contributed by atoms with E-state index in [0.717, 1.165) is 37.2 Å². The molecule has 0 aliphatic heterocycles. The van der Waals surface area contributed by atoms with Crippen molar-refractivity contribution in [3.8, 4) is 28.5 Å². The number of methoxy groups -OCH3 is 2. The van der Waals surface area contributed by atoms with Gasteiger partial charge in [0.1, 0.15) is 34.7 Å². The van der Waals surface area contributed by atoms with Crippen molar-refractivity contribution >= 4 is 17.7 Å². The van der Waals surface area contributed by atoms with Crippen molar-refractivity contribution in [1.82, 2.24) is 24.5 Å². The summed E-state index contributed by atoms with van der Waals surface area (Å²) in [6.07, 6.45) is -0.616. The van der Waals surface area contributed by atoms with E-state index >= 15 is 4.39 Å². The van der Waals surface area contributed by atoms with Crippen LogP contribution >= 0.6 is 0 Å². The van der Waals surface area contributed by atoms with Gasteiger partial charge in [0, 0.05) is 29.9 Å². The van der Waals surface area contributed by atoms with Crippen LogP contribution in [0.3, 0.4) is 0 Å². The molecule has 4 aromatic rings. The number of amides is 1. The first-order valence-corrected chi connectivity index (χ1v) is 15.5. The lowest BCUT2D eigenvalue weighted by Gasteiger charge is -2.29. The summed E-state index contributed by atoms with van der Waals surface area (Å²) >= 11 is 0. The molecular weight excluding hydrogens is 648 g/mol. The number of benzene rings is 1. The van der Waals surface area contributed by atoms with Crippen LogP contribution < -0.4 is 9.64 Å². The van der Waals surface area contributed by atoms with Gasteiger partial charge in [-0.2, -0.15) is 13.2 Å². The molecule has 0 unspecified atom stereocenters. The largest absolute Gasteiger partial charge is 0.480 e. The molecule has 1 aliphatic carbocycles. The third-order valence-corrected chi connectivity index (χ3v) is 7.65. The molecule has 1 saturated carbocycles. The molecule has 5 rings (SSSR count). The Labute approximate surface area is 280 Å². The zero-order valence-corrected chi connectivity index (χ0v) is 28.1.